The molecule has 0 spiro atoms. The van der Waals surface area contributed by atoms with Gasteiger partial charge < -0.3 is 5.73 Å². The van der Waals surface area contributed by atoms with E-state index >= 15 is 0 Å². The molecular weight excluding hydrogens is 166 g/mol. The summed E-state index contributed by atoms with van der Waals surface area (Å²) in [4.78, 5) is 0. The number of unbranched alkanes of at least 4 members (excludes halogenated alkanes) is 1. The van der Waals surface area contributed by atoms with Crippen molar-refractivity contribution < 1.29 is 0 Å². The lowest BCUT2D eigenvalue weighted by Gasteiger charge is -2.00. The van der Waals surface area contributed by atoms with Crippen molar-refractivity contribution in [3.8, 4) is 0 Å². The molecular formula is C6H14BrN. The standard InChI is InChI=1S/C6H14BrN/c1-6(8)4-2-3-5-7/h6H,2-5,8H2,1H3. The van der Waals surface area contributed by atoms with E-state index in [0.29, 0.717) is 6.04 Å². The predicted octanol–water partition coefficient (Wildman–Crippen LogP) is 1.90. The Morgan fingerprint density at radius 2 is 2.12 bits per heavy atom. The van der Waals surface area contributed by atoms with Gasteiger partial charge in [0.25, 0.3) is 0 Å². The number of hydrogen-bond donors (Lipinski definition) is 1. The molecule has 0 fully saturated rings. The Kier molecular flexibility index (Phi) is 5.88. The van der Waals surface area contributed by atoms with Crippen molar-refractivity contribution in [2.24, 2.45) is 5.73 Å². The van der Waals surface area contributed by atoms with Gasteiger partial charge in [-0.2, -0.15) is 0 Å². The maximum atomic E-state index is 5.52. The summed E-state index contributed by atoms with van der Waals surface area (Å²) in [6, 6.07) is 0.383. The largest absolute Gasteiger partial charge is 0.328 e. The van der Waals surface area contributed by atoms with E-state index in [0.717, 1.165) is 11.8 Å². The number of halogens is 1. The fourth-order valence-electron chi connectivity index (χ4n) is 0.561. The first-order valence-corrected chi connectivity index (χ1v) is 4.21. The minimum atomic E-state index is 0.383. The highest BCUT2D eigenvalue weighted by atomic mass is 79.9. The van der Waals surface area contributed by atoms with Crippen LogP contribution in [-0.4, -0.2) is 11.4 Å². The second-order valence-corrected chi connectivity index (χ2v) is 2.96. The van der Waals surface area contributed by atoms with E-state index in [4.69, 9.17) is 5.73 Å². The van der Waals surface area contributed by atoms with E-state index in [1.807, 2.05) is 6.92 Å². The lowest BCUT2D eigenvalue weighted by atomic mass is 10.2. The highest BCUT2D eigenvalue weighted by Crippen LogP contribution is 1.99. The van der Waals surface area contributed by atoms with Crippen LogP contribution in [0.4, 0.5) is 0 Å². The van der Waals surface area contributed by atoms with E-state index in [-0.39, 0.29) is 0 Å². The van der Waals surface area contributed by atoms with Crippen LogP contribution in [0.2, 0.25) is 0 Å². The van der Waals surface area contributed by atoms with Gasteiger partial charge in [-0.3, -0.25) is 0 Å². The minimum absolute atomic E-state index is 0.383. The first-order valence-electron chi connectivity index (χ1n) is 3.09. The summed E-state index contributed by atoms with van der Waals surface area (Å²) in [6.45, 7) is 2.05. The Bertz CT molecular complexity index is 45.8. The quantitative estimate of drug-likeness (QED) is 0.518. The molecule has 0 aromatic heterocycles. The third kappa shape index (κ3) is 6.44. The van der Waals surface area contributed by atoms with Crippen LogP contribution in [0.25, 0.3) is 0 Å². The SMILES string of the molecule is CC(N)CCCCBr. The number of hydrogen-bond acceptors (Lipinski definition) is 1. The molecule has 50 valence electrons. The fraction of sp³-hybridized carbons (Fsp3) is 1.00. The van der Waals surface area contributed by atoms with Gasteiger partial charge in [-0.15, -0.1) is 0 Å². The number of nitrogens with two attached hydrogens (primary N) is 1. The van der Waals surface area contributed by atoms with Crippen molar-refractivity contribution in [2.45, 2.75) is 32.2 Å². The first kappa shape index (κ1) is 8.44. The van der Waals surface area contributed by atoms with Crippen molar-refractivity contribution in [1.29, 1.82) is 0 Å². The van der Waals surface area contributed by atoms with Crippen molar-refractivity contribution in [3.05, 3.63) is 0 Å². The van der Waals surface area contributed by atoms with E-state index in [1.165, 1.54) is 12.8 Å². The Morgan fingerprint density at radius 3 is 2.50 bits per heavy atom. The van der Waals surface area contributed by atoms with Crippen LogP contribution in [0.1, 0.15) is 26.2 Å². The molecule has 1 nitrogen and oxygen atoms in total. The minimum Gasteiger partial charge on any atom is -0.328 e. The van der Waals surface area contributed by atoms with Crippen LogP contribution in [0.3, 0.4) is 0 Å². The summed E-state index contributed by atoms with van der Waals surface area (Å²) in [5.41, 5.74) is 5.52. The summed E-state index contributed by atoms with van der Waals surface area (Å²) >= 11 is 3.36. The van der Waals surface area contributed by atoms with E-state index < -0.39 is 0 Å². The fourth-order valence-corrected chi connectivity index (χ4v) is 0.957. The average molecular weight is 180 g/mol. The van der Waals surface area contributed by atoms with Gasteiger partial charge in [0, 0.05) is 11.4 Å². The molecule has 0 aromatic rings. The second-order valence-electron chi connectivity index (χ2n) is 2.16. The van der Waals surface area contributed by atoms with Crippen LogP contribution in [0, 0.1) is 0 Å². The van der Waals surface area contributed by atoms with Crippen molar-refractivity contribution in [1.82, 2.24) is 0 Å². The van der Waals surface area contributed by atoms with Gasteiger partial charge in [0.15, 0.2) is 0 Å². The molecule has 0 radical (unpaired) electrons. The average Bonchev–Trinajstić information content (AvgIpc) is 1.66. The summed E-state index contributed by atoms with van der Waals surface area (Å²) in [7, 11) is 0. The second kappa shape index (κ2) is 5.57. The molecule has 0 rings (SSSR count). The topological polar surface area (TPSA) is 26.0 Å². The Morgan fingerprint density at radius 1 is 1.50 bits per heavy atom. The molecule has 0 heterocycles. The van der Waals surface area contributed by atoms with Gasteiger partial charge in [-0.05, 0) is 19.8 Å². The predicted molar refractivity (Wildman–Crippen MR) is 41.3 cm³/mol. The third-order valence-electron chi connectivity index (χ3n) is 1.04. The number of rotatable bonds is 4. The third-order valence-corrected chi connectivity index (χ3v) is 1.60. The van der Waals surface area contributed by atoms with Crippen LogP contribution in [0.15, 0.2) is 0 Å². The smallest absolute Gasteiger partial charge is 0.00313 e. The molecule has 0 aliphatic rings. The van der Waals surface area contributed by atoms with Crippen LogP contribution in [0.5, 0.6) is 0 Å². The first-order chi connectivity index (χ1) is 3.77. The highest BCUT2D eigenvalue weighted by Gasteiger charge is 1.91. The lowest BCUT2D eigenvalue weighted by molar-refractivity contribution is 0.619. The van der Waals surface area contributed by atoms with E-state index in [1.54, 1.807) is 0 Å². The molecule has 0 aliphatic heterocycles. The molecule has 1 atom stereocenters. The van der Waals surface area contributed by atoms with Gasteiger partial charge in [0.2, 0.25) is 0 Å². The molecule has 0 saturated heterocycles. The molecule has 8 heavy (non-hydrogen) atoms. The Labute approximate surface area is 59.8 Å². The number of alkyl halides is 1. The molecule has 0 aliphatic carbocycles. The van der Waals surface area contributed by atoms with Gasteiger partial charge in [0.1, 0.15) is 0 Å². The zero-order valence-corrected chi connectivity index (χ0v) is 6.95. The molecule has 2 N–H and O–H groups in total. The summed E-state index contributed by atoms with van der Waals surface area (Å²) in [5.74, 6) is 0. The Balaban J connectivity index is 2.72. The van der Waals surface area contributed by atoms with E-state index in [9.17, 15) is 0 Å². The molecule has 1 unspecified atom stereocenters. The van der Waals surface area contributed by atoms with Crippen LogP contribution < -0.4 is 5.73 Å². The van der Waals surface area contributed by atoms with Crippen LogP contribution >= 0.6 is 15.9 Å². The molecule has 0 saturated carbocycles. The summed E-state index contributed by atoms with van der Waals surface area (Å²) in [6.07, 6.45) is 3.66. The lowest BCUT2D eigenvalue weighted by Crippen LogP contribution is -2.13. The van der Waals surface area contributed by atoms with Crippen LogP contribution in [-0.2, 0) is 0 Å². The maximum Gasteiger partial charge on any atom is 0.00313 e. The highest BCUT2D eigenvalue weighted by molar-refractivity contribution is 9.09. The normalized spacial score (nSPS) is 13.9. The van der Waals surface area contributed by atoms with Gasteiger partial charge in [0.05, 0.1) is 0 Å². The maximum absolute atomic E-state index is 5.52. The molecule has 0 amide bonds. The molecule has 0 aromatic carbocycles. The van der Waals surface area contributed by atoms with Crippen molar-refractivity contribution in [3.63, 3.8) is 0 Å². The molecule has 0 bridgehead atoms. The van der Waals surface area contributed by atoms with Crippen molar-refractivity contribution in [2.75, 3.05) is 5.33 Å². The monoisotopic (exact) mass is 179 g/mol. The van der Waals surface area contributed by atoms with Gasteiger partial charge in [-0.25, -0.2) is 0 Å². The summed E-state index contributed by atoms with van der Waals surface area (Å²) in [5, 5.41) is 1.11. The van der Waals surface area contributed by atoms with Gasteiger partial charge in [-0.1, -0.05) is 22.4 Å². The van der Waals surface area contributed by atoms with Crippen molar-refractivity contribution >= 4 is 15.9 Å². The summed E-state index contributed by atoms with van der Waals surface area (Å²) < 4.78 is 0. The Hall–Kier alpha value is 0.440. The molecule has 2 heteroatoms. The zero-order valence-electron chi connectivity index (χ0n) is 5.36. The zero-order chi connectivity index (χ0) is 6.41. The van der Waals surface area contributed by atoms with E-state index in [2.05, 4.69) is 15.9 Å². The van der Waals surface area contributed by atoms with Gasteiger partial charge >= 0.3 is 0 Å².